The molecule has 1 N–H and O–H groups in total. The Morgan fingerprint density at radius 3 is 2.45 bits per heavy atom. The van der Waals surface area contributed by atoms with Gasteiger partial charge in [-0.25, -0.2) is 9.97 Å². The van der Waals surface area contributed by atoms with Crippen LogP contribution in [-0.4, -0.2) is 9.97 Å². The molecule has 0 fully saturated rings. The number of aryl methyl sites for hydroxylation is 1. The number of aromatic nitrogens is 2. The first-order valence-electron chi connectivity index (χ1n) is 9.37. The van der Waals surface area contributed by atoms with Gasteiger partial charge in [0.25, 0.3) is 0 Å². The van der Waals surface area contributed by atoms with Gasteiger partial charge in [-0.3, -0.25) is 5.43 Å². The second kappa shape index (κ2) is 7.20. The smallest absolute Gasteiger partial charge is 0.157 e. The van der Waals surface area contributed by atoms with E-state index in [0.29, 0.717) is 5.82 Å². The van der Waals surface area contributed by atoms with Gasteiger partial charge >= 0.3 is 0 Å². The Kier molecular flexibility index (Phi) is 4.26. The molecule has 0 aliphatic heterocycles. The van der Waals surface area contributed by atoms with Gasteiger partial charge in [0.05, 0.1) is 10.9 Å². The Morgan fingerprint density at radius 2 is 1.59 bits per heavy atom. The third-order valence-corrected chi connectivity index (χ3v) is 4.81. The quantitative estimate of drug-likeness (QED) is 0.434. The molecule has 2 aromatic heterocycles. The summed E-state index contributed by atoms with van der Waals surface area (Å²) in [5.41, 5.74) is 6.97. The van der Waals surface area contributed by atoms with Crippen LogP contribution in [0.1, 0.15) is 5.56 Å². The molecular weight excluding hydrogens is 360 g/mol. The number of rotatable bonds is 3. The lowest BCUT2D eigenvalue weighted by Crippen LogP contribution is -2.08. The first kappa shape index (κ1) is 17.1. The first-order valence-corrected chi connectivity index (χ1v) is 9.37. The number of anilines is 1. The fourth-order valence-corrected chi connectivity index (χ4v) is 3.28. The largest absolute Gasteiger partial charge is 0.456 e. The summed E-state index contributed by atoms with van der Waals surface area (Å²) in [4.78, 5) is 8.65. The summed E-state index contributed by atoms with van der Waals surface area (Å²) in [5, 5.41) is 7.28. The van der Waals surface area contributed by atoms with E-state index < -0.39 is 0 Å². The van der Waals surface area contributed by atoms with Gasteiger partial charge in [0.1, 0.15) is 17.7 Å². The highest BCUT2D eigenvalue weighted by atomic mass is 16.3. The molecule has 0 radical (unpaired) electrons. The maximum atomic E-state index is 6.14. The molecule has 29 heavy (non-hydrogen) atoms. The summed E-state index contributed by atoms with van der Waals surface area (Å²) in [5.74, 6) is 1.43. The number of nitrogens with zero attached hydrogens (tertiary/aromatic N) is 3. The number of benzene rings is 3. The van der Waals surface area contributed by atoms with Crippen molar-refractivity contribution in [1.29, 1.82) is 0 Å². The fraction of sp³-hybridized carbons (Fsp3) is 0.0417. The van der Waals surface area contributed by atoms with Crippen molar-refractivity contribution in [2.75, 3.05) is 5.43 Å². The molecule has 5 aromatic rings. The Labute approximate surface area is 167 Å². The van der Waals surface area contributed by atoms with Crippen molar-refractivity contribution in [1.82, 2.24) is 9.97 Å². The third kappa shape index (κ3) is 3.34. The van der Waals surface area contributed by atoms with Gasteiger partial charge in [0.2, 0.25) is 0 Å². The predicted molar refractivity (Wildman–Crippen MR) is 115 cm³/mol. The summed E-state index contributed by atoms with van der Waals surface area (Å²) < 4.78 is 6.14. The predicted octanol–water partition coefficient (Wildman–Crippen LogP) is 5.28. The van der Waals surface area contributed by atoms with Crippen LogP contribution in [0.4, 0.5) is 5.82 Å². The second-order valence-electron chi connectivity index (χ2n) is 6.82. The van der Waals surface area contributed by atoms with E-state index in [1.165, 1.54) is 11.9 Å². The van der Waals surface area contributed by atoms with Gasteiger partial charge in [-0.2, -0.15) is 5.10 Å². The van der Waals surface area contributed by atoms with Gasteiger partial charge in [0.15, 0.2) is 5.82 Å². The summed E-state index contributed by atoms with van der Waals surface area (Å²) in [6, 6.07) is 25.9. The highest BCUT2D eigenvalue weighted by molar-refractivity contribution is 5.88. The molecule has 5 nitrogen and oxygen atoms in total. The van der Waals surface area contributed by atoms with Crippen LogP contribution in [0.15, 0.2) is 94.7 Å². The second-order valence-corrected chi connectivity index (χ2v) is 6.82. The van der Waals surface area contributed by atoms with Crippen molar-refractivity contribution in [3.8, 4) is 11.3 Å². The number of hydrogen-bond acceptors (Lipinski definition) is 5. The van der Waals surface area contributed by atoms with E-state index in [1.54, 1.807) is 0 Å². The minimum atomic E-state index is 0.664. The molecule has 0 aliphatic carbocycles. The van der Waals surface area contributed by atoms with Gasteiger partial charge in [-0.05, 0) is 31.2 Å². The minimum absolute atomic E-state index is 0.664. The molecule has 2 heterocycles. The molecule has 5 heteroatoms. The van der Waals surface area contributed by atoms with E-state index in [-0.39, 0.29) is 0 Å². The number of para-hydroxylation sites is 2. The zero-order valence-corrected chi connectivity index (χ0v) is 15.8. The van der Waals surface area contributed by atoms with Crippen molar-refractivity contribution >= 4 is 27.7 Å². The Balaban J connectivity index is 1.66. The highest BCUT2D eigenvalue weighted by Crippen LogP contribution is 2.23. The van der Waals surface area contributed by atoms with Crippen LogP contribution in [0, 0.1) is 6.92 Å². The van der Waals surface area contributed by atoms with Crippen molar-refractivity contribution in [3.05, 3.63) is 96.1 Å². The maximum absolute atomic E-state index is 6.14. The van der Waals surface area contributed by atoms with Crippen LogP contribution in [0.3, 0.4) is 0 Å². The van der Waals surface area contributed by atoms with Crippen molar-refractivity contribution in [2.45, 2.75) is 6.92 Å². The van der Waals surface area contributed by atoms with Crippen LogP contribution in [0.5, 0.6) is 0 Å². The zero-order valence-electron chi connectivity index (χ0n) is 15.8. The molecule has 140 valence electrons. The summed E-state index contributed by atoms with van der Waals surface area (Å²) in [6.45, 7) is 2.07. The van der Waals surface area contributed by atoms with Crippen LogP contribution < -0.4 is 10.8 Å². The molecule has 0 bridgehead atoms. The summed E-state index contributed by atoms with van der Waals surface area (Å²) in [7, 11) is 0. The van der Waals surface area contributed by atoms with E-state index in [0.717, 1.165) is 38.6 Å². The van der Waals surface area contributed by atoms with Gasteiger partial charge < -0.3 is 4.42 Å². The molecule has 0 saturated carbocycles. The molecular formula is C24H18N4O. The van der Waals surface area contributed by atoms with E-state index >= 15 is 0 Å². The standard InChI is InChI=1S/C24H18N4O/c1-16-10-12-17(13-11-16)23-14-21(18-6-3-5-9-22(18)29-23)27-28-24-19-7-2-4-8-20(19)25-15-26-24/h2-15H,1H3,(H,25,26,28)/b27-21-. The first-order chi connectivity index (χ1) is 14.3. The fourth-order valence-electron chi connectivity index (χ4n) is 3.28. The molecule has 0 atom stereocenters. The Hall–Kier alpha value is -3.99. The third-order valence-electron chi connectivity index (χ3n) is 4.81. The van der Waals surface area contributed by atoms with Crippen LogP contribution in [-0.2, 0) is 0 Å². The lowest BCUT2D eigenvalue weighted by molar-refractivity contribution is 0.618. The monoisotopic (exact) mass is 378 g/mol. The van der Waals surface area contributed by atoms with Crippen molar-refractivity contribution in [3.63, 3.8) is 0 Å². The lowest BCUT2D eigenvalue weighted by atomic mass is 10.1. The molecule has 0 aliphatic rings. The normalized spacial score (nSPS) is 11.8. The molecule has 0 saturated heterocycles. The Morgan fingerprint density at radius 1 is 0.828 bits per heavy atom. The van der Waals surface area contributed by atoms with Crippen molar-refractivity contribution < 1.29 is 4.42 Å². The molecule has 0 unspecified atom stereocenters. The van der Waals surface area contributed by atoms with Crippen LogP contribution >= 0.6 is 0 Å². The molecule has 0 spiro atoms. The summed E-state index contributed by atoms with van der Waals surface area (Å²) in [6.07, 6.45) is 1.54. The average Bonchev–Trinajstić information content (AvgIpc) is 2.78. The lowest BCUT2D eigenvalue weighted by Gasteiger charge is -2.06. The van der Waals surface area contributed by atoms with E-state index in [4.69, 9.17) is 4.42 Å². The number of hydrogen-bond donors (Lipinski definition) is 1. The minimum Gasteiger partial charge on any atom is -0.456 e. The average molecular weight is 378 g/mol. The van der Waals surface area contributed by atoms with Crippen molar-refractivity contribution in [2.24, 2.45) is 5.10 Å². The molecule has 3 aromatic carbocycles. The van der Waals surface area contributed by atoms with E-state index in [9.17, 15) is 0 Å². The SMILES string of the molecule is Cc1ccc(-c2c/c(=N/Nc3ncnc4ccccc34)c3ccccc3o2)cc1. The topological polar surface area (TPSA) is 63.3 Å². The van der Waals surface area contributed by atoms with Crippen LogP contribution in [0.25, 0.3) is 33.2 Å². The van der Waals surface area contributed by atoms with E-state index in [1.807, 2.05) is 54.6 Å². The summed E-state index contributed by atoms with van der Waals surface area (Å²) >= 11 is 0. The highest BCUT2D eigenvalue weighted by Gasteiger charge is 2.07. The maximum Gasteiger partial charge on any atom is 0.157 e. The molecule has 5 rings (SSSR count). The van der Waals surface area contributed by atoms with Gasteiger partial charge in [-0.15, -0.1) is 0 Å². The van der Waals surface area contributed by atoms with Gasteiger partial charge in [-0.1, -0.05) is 54.1 Å². The number of nitrogens with one attached hydrogen (secondary N) is 1. The van der Waals surface area contributed by atoms with Crippen LogP contribution in [0.2, 0.25) is 0 Å². The molecule has 0 amide bonds. The zero-order chi connectivity index (χ0) is 19.6. The van der Waals surface area contributed by atoms with Gasteiger partial charge in [0, 0.05) is 22.4 Å². The van der Waals surface area contributed by atoms with E-state index in [2.05, 4.69) is 51.7 Å². The number of fused-ring (bicyclic) bond motifs is 2. The Bertz CT molecular complexity index is 1380.